The molecular weight excluding hydrogens is 398 g/mol. The lowest BCUT2D eigenvalue weighted by molar-refractivity contribution is -0.138. The molecule has 0 radical (unpaired) electrons. The minimum absolute atomic E-state index is 0.375. The normalized spacial score (nSPS) is 17.8. The van der Waals surface area contributed by atoms with Crippen molar-refractivity contribution in [1.82, 2.24) is 10.5 Å². The SMILES string of the molecule is CONC1=C(Br)C([C@H](C)C(=O)O)=N[C@H](c2cccnc2)c2ccccc21. The van der Waals surface area contributed by atoms with Crippen LogP contribution in [-0.2, 0) is 9.63 Å². The number of carbonyl (C=O) groups is 1. The summed E-state index contributed by atoms with van der Waals surface area (Å²) in [6.07, 6.45) is 3.44. The van der Waals surface area contributed by atoms with Gasteiger partial charge in [-0.25, -0.2) is 0 Å². The number of aromatic nitrogens is 1. The van der Waals surface area contributed by atoms with E-state index in [9.17, 15) is 9.90 Å². The summed E-state index contributed by atoms with van der Waals surface area (Å²) in [5.74, 6) is -1.75. The monoisotopic (exact) mass is 415 g/mol. The predicted molar refractivity (Wildman–Crippen MR) is 103 cm³/mol. The van der Waals surface area contributed by atoms with Crippen LogP contribution in [0.3, 0.4) is 0 Å². The van der Waals surface area contributed by atoms with Crippen LogP contribution in [0.2, 0.25) is 0 Å². The molecule has 1 aromatic carbocycles. The molecule has 0 saturated heterocycles. The van der Waals surface area contributed by atoms with Gasteiger partial charge in [0.2, 0.25) is 0 Å². The zero-order valence-corrected chi connectivity index (χ0v) is 15.9. The Labute approximate surface area is 159 Å². The van der Waals surface area contributed by atoms with E-state index in [2.05, 4.69) is 26.4 Å². The molecule has 0 aliphatic carbocycles. The molecule has 26 heavy (non-hydrogen) atoms. The first-order valence-corrected chi connectivity index (χ1v) is 8.82. The maximum atomic E-state index is 11.6. The highest BCUT2D eigenvalue weighted by atomic mass is 79.9. The Balaban J connectivity index is 2.29. The number of fused-ring (bicyclic) bond motifs is 1. The van der Waals surface area contributed by atoms with Gasteiger partial charge < -0.3 is 5.11 Å². The van der Waals surface area contributed by atoms with Crippen molar-refractivity contribution in [2.24, 2.45) is 10.9 Å². The second-order valence-electron chi connectivity index (χ2n) is 5.85. The molecule has 0 bridgehead atoms. The van der Waals surface area contributed by atoms with Gasteiger partial charge in [-0.05, 0) is 40.0 Å². The highest BCUT2D eigenvalue weighted by Crippen LogP contribution is 2.38. The molecule has 0 fully saturated rings. The Morgan fingerprint density at radius 1 is 1.31 bits per heavy atom. The average molecular weight is 416 g/mol. The Morgan fingerprint density at radius 2 is 2.08 bits per heavy atom. The van der Waals surface area contributed by atoms with Gasteiger partial charge >= 0.3 is 5.97 Å². The molecule has 1 aliphatic rings. The van der Waals surface area contributed by atoms with Crippen molar-refractivity contribution in [2.45, 2.75) is 13.0 Å². The van der Waals surface area contributed by atoms with E-state index < -0.39 is 11.9 Å². The number of carboxylic acid groups (broad SMARTS) is 1. The second-order valence-corrected chi connectivity index (χ2v) is 6.64. The quantitative estimate of drug-likeness (QED) is 0.729. The molecule has 0 unspecified atom stereocenters. The van der Waals surface area contributed by atoms with Crippen LogP contribution in [0, 0.1) is 5.92 Å². The molecule has 2 N–H and O–H groups in total. The lowest BCUT2D eigenvalue weighted by Gasteiger charge is -2.17. The molecule has 0 spiro atoms. The van der Waals surface area contributed by atoms with Gasteiger partial charge in [0.15, 0.2) is 0 Å². The summed E-state index contributed by atoms with van der Waals surface area (Å²) in [5.41, 5.74) is 6.64. The minimum atomic E-state index is -0.951. The number of nitrogens with one attached hydrogen (secondary N) is 1. The van der Waals surface area contributed by atoms with Crippen LogP contribution in [0.15, 0.2) is 58.3 Å². The van der Waals surface area contributed by atoms with Gasteiger partial charge in [0.25, 0.3) is 0 Å². The molecule has 1 aromatic heterocycles. The Hall–Kier alpha value is -2.51. The maximum absolute atomic E-state index is 11.6. The van der Waals surface area contributed by atoms with Gasteiger partial charge in [0, 0.05) is 18.0 Å². The number of aliphatic imine (C=N–C) groups is 1. The summed E-state index contributed by atoms with van der Waals surface area (Å²) in [7, 11) is 1.51. The first-order chi connectivity index (χ1) is 12.5. The Kier molecular flexibility index (Phi) is 5.49. The molecular formula is C19H18BrN3O3. The number of aliphatic carboxylic acids is 1. The fourth-order valence-corrected chi connectivity index (χ4v) is 3.63. The second kappa shape index (κ2) is 7.80. The summed E-state index contributed by atoms with van der Waals surface area (Å²) in [6.45, 7) is 1.61. The van der Waals surface area contributed by atoms with Crippen LogP contribution in [0.25, 0.3) is 5.70 Å². The fraction of sp³-hybridized carbons (Fsp3) is 0.211. The number of nitrogens with zero attached hydrogens (tertiary/aromatic N) is 2. The number of hydrogen-bond acceptors (Lipinski definition) is 5. The van der Waals surface area contributed by atoms with E-state index >= 15 is 0 Å². The summed E-state index contributed by atoms with van der Waals surface area (Å²) >= 11 is 3.54. The summed E-state index contributed by atoms with van der Waals surface area (Å²) in [4.78, 5) is 25.8. The number of allylic oxidation sites excluding steroid dienone is 1. The molecule has 0 saturated carbocycles. The van der Waals surface area contributed by atoms with Gasteiger partial charge in [-0.1, -0.05) is 30.3 Å². The van der Waals surface area contributed by atoms with E-state index in [1.165, 1.54) is 7.11 Å². The summed E-state index contributed by atoms with van der Waals surface area (Å²) in [5, 5.41) is 9.55. The number of hydroxylamine groups is 1. The van der Waals surface area contributed by atoms with Gasteiger partial charge in [0.05, 0.1) is 28.9 Å². The zero-order valence-electron chi connectivity index (χ0n) is 14.3. The largest absolute Gasteiger partial charge is 0.481 e. The van der Waals surface area contributed by atoms with Crippen molar-refractivity contribution in [2.75, 3.05) is 7.11 Å². The fourth-order valence-electron chi connectivity index (χ4n) is 2.89. The number of carboxylic acids is 1. The molecule has 0 amide bonds. The van der Waals surface area contributed by atoms with Crippen molar-refractivity contribution in [3.8, 4) is 0 Å². The van der Waals surface area contributed by atoms with Gasteiger partial charge in [0.1, 0.15) is 6.04 Å². The van der Waals surface area contributed by atoms with E-state index in [-0.39, 0.29) is 6.04 Å². The zero-order chi connectivity index (χ0) is 18.7. The lowest BCUT2D eigenvalue weighted by Crippen LogP contribution is -2.23. The maximum Gasteiger partial charge on any atom is 0.312 e. The van der Waals surface area contributed by atoms with Crippen molar-refractivity contribution in [1.29, 1.82) is 0 Å². The highest BCUT2D eigenvalue weighted by molar-refractivity contribution is 9.12. The van der Waals surface area contributed by atoms with Crippen molar-refractivity contribution >= 4 is 33.3 Å². The Bertz CT molecular complexity index is 881. The third-order valence-corrected chi connectivity index (χ3v) is 5.02. The first kappa shape index (κ1) is 18.3. The lowest BCUT2D eigenvalue weighted by atomic mass is 9.95. The van der Waals surface area contributed by atoms with Crippen LogP contribution in [0.1, 0.15) is 29.7 Å². The smallest absolute Gasteiger partial charge is 0.312 e. The minimum Gasteiger partial charge on any atom is -0.481 e. The van der Waals surface area contributed by atoms with Crippen LogP contribution < -0.4 is 5.48 Å². The topological polar surface area (TPSA) is 83.8 Å². The predicted octanol–water partition coefficient (Wildman–Crippen LogP) is 3.56. The van der Waals surface area contributed by atoms with Crippen LogP contribution in [0.5, 0.6) is 0 Å². The summed E-state index contributed by atoms with van der Waals surface area (Å²) in [6, 6.07) is 11.2. The van der Waals surface area contributed by atoms with Gasteiger partial charge in [-0.15, -0.1) is 0 Å². The number of pyridine rings is 1. The van der Waals surface area contributed by atoms with Gasteiger partial charge in [-0.3, -0.25) is 25.1 Å². The number of hydrogen-bond donors (Lipinski definition) is 2. The Morgan fingerprint density at radius 3 is 2.73 bits per heavy atom. The standard InChI is InChI=1S/C19H18BrN3O3/c1-11(19(24)25)16-15(20)18(23-26-2)14-8-4-3-7-13(14)17(22-16)12-6-5-9-21-10-12/h3-11,17,23H,1-2H3,(H,24,25)/t11-,17+/m0/s1. The highest BCUT2D eigenvalue weighted by Gasteiger charge is 2.31. The van der Waals surface area contributed by atoms with Crippen molar-refractivity contribution in [3.63, 3.8) is 0 Å². The van der Waals surface area contributed by atoms with E-state index in [0.29, 0.717) is 15.9 Å². The molecule has 3 rings (SSSR count). The first-order valence-electron chi connectivity index (χ1n) is 8.03. The molecule has 2 heterocycles. The van der Waals surface area contributed by atoms with Gasteiger partial charge in [-0.2, -0.15) is 0 Å². The average Bonchev–Trinajstić information content (AvgIpc) is 2.78. The van der Waals surface area contributed by atoms with Crippen LogP contribution in [-0.4, -0.2) is 28.9 Å². The van der Waals surface area contributed by atoms with E-state index in [1.807, 2.05) is 36.4 Å². The summed E-state index contributed by atoms with van der Waals surface area (Å²) < 4.78 is 0.563. The molecule has 2 aromatic rings. The molecule has 7 heteroatoms. The molecule has 2 atom stereocenters. The molecule has 6 nitrogen and oxygen atoms in total. The van der Waals surface area contributed by atoms with Crippen molar-refractivity contribution in [3.05, 3.63) is 70.0 Å². The number of rotatable bonds is 5. The van der Waals surface area contributed by atoms with Crippen molar-refractivity contribution < 1.29 is 14.7 Å². The third kappa shape index (κ3) is 3.40. The third-order valence-electron chi connectivity index (χ3n) is 4.22. The van der Waals surface area contributed by atoms with E-state index in [1.54, 1.807) is 19.3 Å². The number of benzene rings is 1. The molecule has 134 valence electrons. The van der Waals surface area contributed by atoms with E-state index in [4.69, 9.17) is 9.83 Å². The van der Waals surface area contributed by atoms with Crippen LogP contribution >= 0.6 is 15.9 Å². The van der Waals surface area contributed by atoms with E-state index in [0.717, 1.165) is 16.7 Å². The molecule has 1 aliphatic heterocycles. The van der Waals surface area contributed by atoms with Crippen LogP contribution in [0.4, 0.5) is 0 Å². The number of halogens is 1.